The Hall–Kier alpha value is -0.530. The Balaban J connectivity index is 2.24. The zero-order valence-electron chi connectivity index (χ0n) is 7.76. The highest BCUT2D eigenvalue weighted by Gasteiger charge is 2.24. The average molecular weight is 196 g/mol. The molecule has 1 aromatic rings. The van der Waals surface area contributed by atoms with Crippen molar-refractivity contribution in [3.8, 4) is 0 Å². The number of hydrogen-bond acceptors (Lipinski definition) is 1. The highest BCUT2D eigenvalue weighted by atomic mass is 35.5. The molecule has 2 rings (SSSR count). The van der Waals surface area contributed by atoms with Gasteiger partial charge >= 0.3 is 0 Å². The van der Waals surface area contributed by atoms with E-state index < -0.39 is 0 Å². The smallest absolute Gasteiger partial charge is 0.0408 e. The van der Waals surface area contributed by atoms with Crippen molar-refractivity contribution < 1.29 is 0 Å². The van der Waals surface area contributed by atoms with Gasteiger partial charge in [0.2, 0.25) is 0 Å². The van der Waals surface area contributed by atoms with Crippen LogP contribution in [0.1, 0.15) is 18.4 Å². The van der Waals surface area contributed by atoms with E-state index in [-0.39, 0.29) is 0 Å². The van der Waals surface area contributed by atoms with Crippen LogP contribution in [0.3, 0.4) is 0 Å². The fraction of sp³-hybridized carbons (Fsp3) is 0.455. The van der Waals surface area contributed by atoms with Gasteiger partial charge in [-0.05, 0) is 30.2 Å². The molecule has 1 N–H and O–H groups in total. The van der Waals surface area contributed by atoms with Crippen LogP contribution in [-0.4, -0.2) is 13.1 Å². The lowest BCUT2D eigenvalue weighted by atomic mass is 9.90. The van der Waals surface area contributed by atoms with Gasteiger partial charge in [-0.3, -0.25) is 0 Å². The summed E-state index contributed by atoms with van der Waals surface area (Å²) < 4.78 is 0. The van der Waals surface area contributed by atoms with Crippen LogP contribution in [0.4, 0.5) is 0 Å². The molecular formula is C11H14ClN. The second-order valence-electron chi connectivity index (χ2n) is 3.80. The lowest BCUT2D eigenvalue weighted by Gasteiger charge is -2.14. The minimum absolute atomic E-state index is 0.638. The first-order valence-corrected chi connectivity index (χ1v) is 5.11. The predicted molar refractivity (Wildman–Crippen MR) is 56.2 cm³/mol. The summed E-state index contributed by atoms with van der Waals surface area (Å²) in [6.07, 6.45) is 0. The van der Waals surface area contributed by atoms with Crippen molar-refractivity contribution in [2.45, 2.75) is 12.8 Å². The van der Waals surface area contributed by atoms with Gasteiger partial charge < -0.3 is 5.32 Å². The van der Waals surface area contributed by atoms with Crippen molar-refractivity contribution >= 4 is 11.6 Å². The molecule has 1 aromatic carbocycles. The highest BCUT2D eigenvalue weighted by molar-refractivity contribution is 6.30. The minimum atomic E-state index is 0.638. The van der Waals surface area contributed by atoms with Crippen LogP contribution in [0.5, 0.6) is 0 Å². The molecule has 2 atom stereocenters. The van der Waals surface area contributed by atoms with Gasteiger partial charge in [0.1, 0.15) is 0 Å². The summed E-state index contributed by atoms with van der Waals surface area (Å²) in [7, 11) is 0. The Morgan fingerprint density at radius 3 is 2.85 bits per heavy atom. The summed E-state index contributed by atoms with van der Waals surface area (Å²) in [4.78, 5) is 0. The largest absolute Gasteiger partial charge is 0.316 e. The first-order chi connectivity index (χ1) is 6.27. The fourth-order valence-corrected chi connectivity index (χ4v) is 2.19. The summed E-state index contributed by atoms with van der Waals surface area (Å²) in [5.74, 6) is 1.36. The van der Waals surface area contributed by atoms with E-state index in [9.17, 15) is 0 Å². The molecule has 2 unspecified atom stereocenters. The lowest BCUT2D eigenvalue weighted by Crippen LogP contribution is -2.07. The van der Waals surface area contributed by atoms with Gasteiger partial charge in [-0.2, -0.15) is 0 Å². The van der Waals surface area contributed by atoms with Crippen LogP contribution >= 0.6 is 11.6 Å². The van der Waals surface area contributed by atoms with Gasteiger partial charge in [0.25, 0.3) is 0 Å². The van der Waals surface area contributed by atoms with Crippen molar-refractivity contribution in [3.63, 3.8) is 0 Å². The Morgan fingerprint density at radius 1 is 1.38 bits per heavy atom. The van der Waals surface area contributed by atoms with Crippen LogP contribution in [0.2, 0.25) is 5.02 Å². The minimum Gasteiger partial charge on any atom is -0.316 e. The molecule has 0 aromatic heterocycles. The Bertz CT molecular complexity index is 298. The van der Waals surface area contributed by atoms with Crippen LogP contribution in [0.25, 0.3) is 0 Å². The molecular weight excluding hydrogens is 182 g/mol. The monoisotopic (exact) mass is 195 g/mol. The first-order valence-electron chi connectivity index (χ1n) is 4.73. The van der Waals surface area contributed by atoms with E-state index in [1.54, 1.807) is 0 Å². The zero-order chi connectivity index (χ0) is 9.26. The van der Waals surface area contributed by atoms with Gasteiger partial charge in [-0.1, -0.05) is 30.7 Å². The highest BCUT2D eigenvalue weighted by Crippen LogP contribution is 2.28. The van der Waals surface area contributed by atoms with Gasteiger partial charge in [0.15, 0.2) is 0 Å². The third-order valence-corrected chi connectivity index (χ3v) is 3.03. The van der Waals surface area contributed by atoms with Gasteiger partial charge in [-0.25, -0.2) is 0 Å². The standard InChI is InChI=1S/C11H14ClN/c1-8-6-13-7-11(8)9-3-2-4-10(12)5-9/h2-5,8,11,13H,6-7H2,1H3. The summed E-state index contributed by atoms with van der Waals surface area (Å²) >= 11 is 5.95. The molecule has 0 spiro atoms. The summed E-state index contributed by atoms with van der Waals surface area (Å²) in [5.41, 5.74) is 1.37. The summed E-state index contributed by atoms with van der Waals surface area (Å²) in [6, 6.07) is 8.20. The number of halogens is 1. The second-order valence-corrected chi connectivity index (χ2v) is 4.23. The van der Waals surface area contributed by atoms with E-state index in [0.717, 1.165) is 24.0 Å². The Kier molecular flexibility index (Phi) is 2.56. The van der Waals surface area contributed by atoms with E-state index in [1.807, 2.05) is 12.1 Å². The van der Waals surface area contributed by atoms with E-state index >= 15 is 0 Å². The topological polar surface area (TPSA) is 12.0 Å². The average Bonchev–Trinajstić information content (AvgIpc) is 2.51. The van der Waals surface area contributed by atoms with Crippen molar-refractivity contribution in [1.82, 2.24) is 5.32 Å². The molecule has 1 heterocycles. The van der Waals surface area contributed by atoms with Crippen LogP contribution in [0, 0.1) is 5.92 Å². The van der Waals surface area contributed by atoms with E-state index in [0.29, 0.717) is 5.92 Å². The lowest BCUT2D eigenvalue weighted by molar-refractivity contribution is 0.572. The first kappa shape index (κ1) is 9.04. The molecule has 0 saturated carbocycles. The molecule has 0 radical (unpaired) electrons. The molecule has 1 fully saturated rings. The third kappa shape index (κ3) is 1.87. The number of benzene rings is 1. The maximum Gasteiger partial charge on any atom is 0.0408 e. The fourth-order valence-electron chi connectivity index (χ4n) is 1.99. The summed E-state index contributed by atoms with van der Waals surface area (Å²) in [6.45, 7) is 4.49. The quantitative estimate of drug-likeness (QED) is 0.727. The van der Waals surface area contributed by atoms with Crippen molar-refractivity contribution in [3.05, 3.63) is 34.9 Å². The number of hydrogen-bond donors (Lipinski definition) is 1. The van der Waals surface area contributed by atoms with Crippen molar-refractivity contribution in [1.29, 1.82) is 0 Å². The number of nitrogens with one attached hydrogen (secondary N) is 1. The molecule has 0 aliphatic carbocycles. The maximum atomic E-state index is 5.95. The molecule has 70 valence electrons. The van der Waals surface area contributed by atoms with E-state index in [2.05, 4.69) is 24.4 Å². The Labute approximate surface area is 84.1 Å². The van der Waals surface area contributed by atoms with E-state index in [4.69, 9.17) is 11.6 Å². The molecule has 1 saturated heterocycles. The van der Waals surface area contributed by atoms with Crippen LogP contribution < -0.4 is 5.32 Å². The van der Waals surface area contributed by atoms with Crippen LogP contribution in [-0.2, 0) is 0 Å². The van der Waals surface area contributed by atoms with Crippen molar-refractivity contribution in [2.24, 2.45) is 5.92 Å². The molecule has 0 amide bonds. The molecule has 13 heavy (non-hydrogen) atoms. The Morgan fingerprint density at radius 2 is 2.23 bits per heavy atom. The van der Waals surface area contributed by atoms with Gasteiger partial charge in [-0.15, -0.1) is 0 Å². The third-order valence-electron chi connectivity index (χ3n) is 2.79. The molecule has 0 bridgehead atoms. The van der Waals surface area contributed by atoms with Gasteiger partial charge in [0, 0.05) is 17.5 Å². The normalized spacial score (nSPS) is 27.8. The van der Waals surface area contributed by atoms with Crippen LogP contribution in [0.15, 0.2) is 24.3 Å². The summed E-state index contributed by atoms with van der Waals surface area (Å²) in [5, 5.41) is 4.24. The zero-order valence-corrected chi connectivity index (χ0v) is 8.51. The van der Waals surface area contributed by atoms with Crippen molar-refractivity contribution in [2.75, 3.05) is 13.1 Å². The maximum absolute atomic E-state index is 5.95. The molecule has 1 nitrogen and oxygen atoms in total. The number of rotatable bonds is 1. The second kappa shape index (κ2) is 3.69. The SMILES string of the molecule is CC1CNCC1c1cccc(Cl)c1. The van der Waals surface area contributed by atoms with E-state index in [1.165, 1.54) is 5.56 Å². The molecule has 2 heteroatoms. The molecule has 1 aliphatic rings. The predicted octanol–water partition coefficient (Wildman–Crippen LogP) is 2.66. The van der Waals surface area contributed by atoms with Gasteiger partial charge in [0.05, 0.1) is 0 Å². The molecule has 1 aliphatic heterocycles.